The maximum absolute atomic E-state index is 12.2. The van der Waals surface area contributed by atoms with Crippen LogP contribution < -0.4 is 5.56 Å². The number of aryl methyl sites for hydroxylation is 1. The van der Waals surface area contributed by atoms with Gasteiger partial charge in [0.1, 0.15) is 0 Å². The lowest BCUT2D eigenvalue weighted by atomic mass is 10.2. The van der Waals surface area contributed by atoms with Gasteiger partial charge in [0.05, 0.1) is 17.0 Å². The summed E-state index contributed by atoms with van der Waals surface area (Å²) in [7, 11) is 1.68. The first-order valence-electron chi connectivity index (χ1n) is 6.06. The summed E-state index contributed by atoms with van der Waals surface area (Å²) in [5, 5.41) is 18.1. The monoisotopic (exact) mass is 285 g/mol. The predicted molar refractivity (Wildman–Crippen MR) is 76.7 cm³/mol. The summed E-state index contributed by atoms with van der Waals surface area (Å²) in [6, 6.07) is 9.49. The number of thioether (sulfide) groups is 1. The lowest BCUT2D eigenvalue weighted by molar-refractivity contribution is 0.853. The average molecular weight is 285 g/mol. The molecule has 0 saturated carbocycles. The van der Waals surface area contributed by atoms with E-state index in [1.807, 2.05) is 22.6 Å². The van der Waals surface area contributed by atoms with Gasteiger partial charge in [-0.2, -0.15) is 5.26 Å². The van der Waals surface area contributed by atoms with Crippen molar-refractivity contribution in [2.24, 2.45) is 7.05 Å². The summed E-state index contributed by atoms with van der Waals surface area (Å²) in [6.45, 7) is 0. The molecule has 100 valence electrons. The van der Waals surface area contributed by atoms with E-state index in [1.165, 1.54) is 16.3 Å². The normalized spacial score (nSPS) is 11.0. The van der Waals surface area contributed by atoms with E-state index < -0.39 is 0 Å². The van der Waals surface area contributed by atoms with E-state index in [9.17, 15) is 4.79 Å². The molecule has 0 N–H and O–H groups in total. The highest BCUT2D eigenvalue weighted by atomic mass is 32.2. The number of hydrogen-bond acceptors (Lipinski definition) is 5. The number of rotatable bonds is 3. The van der Waals surface area contributed by atoms with Crippen LogP contribution in [0.15, 0.2) is 34.2 Å². The Hall–Kier alpha value is -2.33. The van der Waals surface area contributed by atoms with Crippen molar-refractivity contribution < 1.29 is 0 Å². The Bertz CT molecular complexity index is 889. The van der Waals surface area contributed by atoms with E-state index in [0.29, 0.717) is 28.5 Å². The van der Waals surface area contributed by atoms with Gasteiger partial charge in [-0.1, -0.05) is 23.9 Å². The number of hydrogen-bond donors (Lipinski definition) is 0. The van der Waals surface area contributed by atoms with Crippen LogP contribution in [0.25, 0.3) is 16.7 Å². The van der Waals surface area contributed by atoms with Gasteiger partial charge < -0.3 is 0 Å². The lowest BCUT2D eigenvalue weighted by Gasteiger charge is -2.06. The molecule has 2 aromatic heterocycles. The highest BCUT2D eigenvalue weighted by Crippen LogP contribution is 2.21. The van der Waals surface area contributed by atoms with Crippen LogP contribution in [0.1, 0.15) is 6.42 Å². The molecule has 0 fully saturated rings. The Morgan fingerprint density at radius 1 is 1.35 bits per heavy atom. The third kappa shape index (κ3) is 1.85. The quantitative estimate of drug-likeness (QED) is 0.539. The van der Waals surface area contributed by atoms with Crippen molar-refractivity contribution in [3.63, 3.8) is 0 Å². The minimum absolute atomic E-state index is 0.0888. The van der Waals surface area contributed by atoms with Crippen molar-refractivity contribution in [1.29, 1.82) is 5.26 Å². The van der Waals surface area contributed by atoms with Gasteiger partial charge in [0.25, 0.3) is 5.56 Å². The van der Waals surface area contributed by atoms with Crippen molar-refractivity contribution in [2.45, 2.75) is 11.6 Å². The first kappa shape index (κ1) is 12.7. The summed E-state index contributed by atoms with van der Waals surface area (Å²) in [5.41, 5.74) is 0.698. The van der Waals surface area contributed by atoms with Crippen LogP contribution in [-0.4, -0.2) is 24.9 Å². The Kier molecular flexibility index (Phi) is 3.16. The van der Waals surface area contributed by atoms with E-state index >= 15 is 0 Å². The number of benzene rings is 1. The highest BCUT2D eigenvalue weighted by Gasteiger charge is 2.14. The number of fused-ring (bicyclic) bond motifs is 3. The summed E-state index contributed by atoms with van der Waals surface area (Å²) < 4.78 is 3.35. The zero-order chi connectivity index (χ0) is 14.1. The third-order valence-electron chi connectivity index (χ3n) is 3.04. The molecule has 0 saturated heterocycles. The molecule has 0 unspecified atom stereocenters. The number of nitrogens with zero attached hydrogens (tertiary/aromatic N) is 5. The molecule has 2 heterocycles. The van der Waals surface area contributed by atoms with Gasteiger partial charge in [-0.3, -0.25) is 13.8 Å². The van der Waals surface area contributed by atoms with Crippen LogP contribution in [-0.2, 0) is 7.05 Å². The van der Waals surface area contributed by atoms with E-state index in [0.717, 1.165) is 5.52 Å². The number of aromatic nitrogens is 4. The first-order chi connectivity index (χ1) is 9.74. The fourth-order valence-electron chi connectivity index (χ4n) is 2.09. The van der Waals surface area contributed by atoms with Gasteiger partial charge in [-0.05, 0) is 12.1 Å². The minimum atomic E-state index is -0.0888. The smallest absolute Gasteiger partial charge is 0.262 e. The molecule has 0 aliphatic rings. The van der Waals surface area contributed by atoms with E-state index in [1.54, 1.807) is 13.1 Å². The van der Waals surface area contributed by atoms with Crippen LogP contribution >= 0.6 is 11.8 Å². The largest absolute Gasteiger partial charge is 0.279 e. The molecule has 0 amide bonds. The lowest BCUT2D eigenvalue weighted by Crippen LogP contribution is -2.20. The summed E-state index contributed by atoms with van der Waals surface area (Å²) in [4.78, 5) is 12.2. The molecule has 0 bridgehead atoms. The fraction of sp³-hybridized carbons (Fsp3) is 0.231. The zero-order valence-corrected chi connectivity index (χ0v) is 11.6. The van der Waals surface area contributed by atoms with E-state index in [-0.39, 0.29) is 5.56 Å². The van der Waals surface area contributed by atoms with Crippen molar-refractivity contribution in [1.82, 2.24) is 19.2 Å². The van der Waals surface area contributed by atoms with Crippen LogP contribution in [0.3, 0.4) is 0 Å². The molecule has 7 heteroatoms. The molecular formula is C13H11N5OS. The van der Waals surface area contributed by atoms with Crippen LogP contribution in [0, 0.1) is 11.3 Å². The van der Waals surface area contributed by atoms with Gasteiger partial charge in [-0.15, -0.1) is 10.2 Å². The fourth-order valence-corrected chi connectivity index (χ4v) is 2.88. The molecular weight excluding hydrogens is 274 g/mol. The summed E-state index contributed by atoms with van der Waals surface area (Å²) in [6.07, 6.45) is 0.448. The molecule has 0 spiro atoms. The Morgan fingerprint density at radius 2 is 2.15 bits per heavy atom. The molecule has 0 atom stereocenters. The molecule has 1 aromatic carbocycles. The second-order valence-electron chi connectivity index (χ2n) is 4.26. The maximum atomic E-state index is 12.2. The summed E-state index contributed by atoms with van der Waals surface area (Å²) in [5.74, 6) is 1.15. The second kappa shape index (κ2) is 4.98. The summed E-state index contributed by atoms with van der Waals surface area (Å²) >= 11 is 1.46. The minimum Gasteiger partial charge on any atom is -0.279 e. The van der Waals surface area contributed by atoms with Crippen molar-refractivity contribution in [3.05, 3.63) is 34.6 Å². The van der Waals surface area contributed by atoms with Crippen LogP contribution in [0.4, 0.5) is 0 Å². The third-order valence-corrected chi connectivity index (χ3v) is 3.97. The standard InChI is InChI=1S/C13H11N5OS/c1-17-11(19)9-5-2-3-6-10(9)18-12(17)15-16-13(18)20-8-4-7-14/h2-3,5-6H,4,8H2,1H3. The van der Waals surface area contributed by atoms with Crippen molar-refractivity contribution in [3.8, 4) is 6.07 Å². The van der Waals surface area contributed by atoms with Gasteiger partial charge in [0.15, 0.2) is 5.16 Å². The zero-order valence-electron chi connectivity index (χ0n) is 10.8. The van der Waals surface area contributed by atoms with Crippen LogP contribution in [0.2, 0.25) is 0 Å². The predicted octanol–water partition coefficient (Wildman–Crippen LogP) is 1.59. The topological polar surface area (TPSA) is 76.0 Å². The Labute approximate surface area is 118 Å². The number of nitriles is 1. The molecule has 0 aliphatic heterocycles. The Morgan fingerprint density at radius 3 is 2.95 bits per heavy atom. The van der Waals surface area contributed by atoms with Crippen molar-refractivity contribution >= 4 is 28.4 Å². The number of para-hydroxylation sites is 1. The molecule has 3 aromatic rings. The second-order valence-corrected chi connectivity index (χ2v) is 5.32. The average Bonchev–Trinajstić information content (AvgIpc) is 2.89. The van der Waals surface area contributed by atoms with Gasteiger partial charge >= 0.3 is 0 Å². The van der Waals surface area contributed by atoms with Crippen LogP contribution in [0.5, 0.6) is 0 Å². The molecule has 3 rings (SSSR count). The van der Waals surface area contributed by atoms with Gasteiger partial charge in [0, 0.05) is 19.2 Å². The molecule has 0 aliphatic carbocycles. The first-order valence-corrected chi connectivity index (χ1v) is 7.05. The highest BCUT2D eigenvalue weighted by molar-refractivity contribution is 7.99. The van der Waals surface area contributed by atoms with E-state index in [4.69, 9.17) is 5.26 Å². The van der Waals surface area contributed by atoms with Gasteiger partial charge in [-0.25, -0.2) is 0 Å². The maximum Gasteiger partial charge on any atom is 0.262 e. The van der Waals surface area contributed by atoms with Crippen molar-refractivity contribution in [2.75, 3.05) is 5.75 Å². The van der Waals surface area contributed by atoms with E-state index in [2.05, 4.69) is 16.3 Å². The Balaban J connectivity index is 2.30. The molecule has 6 nitrogen and oxygen atoms in total. The SMILES string of the molecule is Cn1c(=O)c2ccccc2n2c(SCCC#N)nnc12. The molecule has 20 heavy (non-hydrogen) atoms. The van der Waals surface area contributed by atoms with Gasteiger partial charge in [0.2, 0.25) is 5.78 Å². The molecule has 0 radical (unpaired) electrons.